The Hall–Kier alpha value is -3.08. The second kappa shape index (κ2) is 18.2. The van der Waals surface area contributed by atoms with Crippen molar-refractivity contribution in [2.75, 3.05) is 0 Å². The summed E-state index contributed by atoms with van der Waals surface area (Å²) in [5, 5.41) is 81.0. The van der Waals surface area contributed by atoms with E-state index in [0.717, 1.165) is 21.8 Å². The first-order valence-electron chi connectivity index (χ1n) is 15.5. The van der Waals surface area contributed by atoms with Gasteiger partial charge >= 0.3 is 59.1 Å². The molecule has 6 rings (SSSR count). The second-order valence-electron chi connectivity index (χ2n) is 12.2. The molecule has 0 amide bonds. The first-order valence-corrected chi connectivity index (χ1v) is 15.5. The average molecular weight is 785 g/mol. The summed E-state index contributed by atoms with van der Waals surface area (Å²) in [6.45, 7) is 6.92. The zero-order chi connectivity index (χ0) is 38.3. The van der Waals surface area contributed by atoms with Crippen LogP contribution in [-0.4, -0.2) is 143 Å². The number of aromatic amines is 2. The number of carboxylic acid groups (broad SMARTS) is 2. The van der Waals surface area contributed by atoms with Gasteiger partial charge in [0, 0.05) is 0 Å². The Balaban J connectivity index is 0.000000280. The normalized spacial score (nSPS) is 26.1. The molecule has 0 aromatic carbocycles. The third-order valence-corrected chi connectivity index (χ3v) is 7.72. The number of fused-ring (bicyclic) bond motifs is 2. The molecule has 0 bridgehead atoms. The number of rotatable bonds is 10. The van der Waals surface area contributed by atoms with Crippen LogP contribution in [0.1, 0.15) is 40.2 Å². The van der Waals surface area contributed by atoms with Crippen LogP contribution in [0.2, 0.25) is 0 Å². The maximum absolute atomic E-state index is 12.1. The molecule has 284 valence electrons. The van der Waals surface area contributed by atoms with Gasteiger partial charge in [-0.1, -0.05) is 0 Å². The molecule has 0 radical (unpaired) electrons. The van der Waals surface area contributed by atoms with Gasteiger partial charge in [-0.2, -0.15) is 9.97 Å². The molecule has 4 aromatic heterocycles. The van der Waals surface area contributed by atoms with Crippen LogP contribution in [0.5, 0.6) is 12.0 Å². The van der Waals surface area contributed by atoms with E-state index in [9.17, 15) is 60.0 Å². The van der Waals surface area contributed by atoms with Crippen LogP contribution >= 0.6 is 0 Å². The Morgan fingerprint density at radius 3 is 1.33 bits per heavy atom. The minimum absolute atomic E-state index is 0. The van der Waals surface area contributed by atoms with Gasteiger partial charge in [0.05, 0.1) is 36.8 Å². The van der Waals surface area contributed by atoms with Gasteiger partial charge in [0.1, 0.15) is 48.8 Å². The number of aliphatic hydroxyl groups excluding tert-OH is 6. The van der Waals surface area contributed by atoms with Crippen molar-refractivity contribution >= 4 is 34.3 Å². The first kappa shape index (κ1) is 45.3. The summed E-state index contributed by atoms with van der Waals surface area (Å²) in [7, 11) is 0. The van der Waals surface area contributed by atoms with Gasteiger partial charge in [-0.05, 0) is 27.7 Å². The number of carbonyl (C=O) groups excluding carboxylic acids is 2. The van der Waals surface area contributed by atoms with Gasteiger partial charge in [-0.25, -0.2) is 9.97 Å². The van der Waals surface area contributed by atoms with Gasteiger partial charge in [-0.3, -0.25) is 28.7 Å². The van der Waals surface area contributed by atoms with Crippen LogP contribution in [0.25, 0.3) is 22.3 Å². The second-order valence-corrected chi connectivity index (χ2v) is 12.2. The Morgan fingerprint density at radius 2 is 1.04 bits per heavy atom. The molecule has 4 aromatic rings. The maximum Gasteiger partial charge on any atom is 1.00 e. The summed E-state index contributed by atoms with van der Waals surface area (Å²) in [6.07, 6.45) is -15.2. The SMILES string of the molecule is CC(C)Oc1nc2c(ncn2[C@@H]2O[C@H](C(O)C(=O)[O-])[C@@H](O)[C@H]2O)c(=O)[nH]1.CC(C)Oc1nc2c(ncn2[C@@H]2O[C@H](C(O)C(=O)[O-])[C@@H](O)[C@H]2O)c(=O)[nH]1.[Na+].[Na+]. The van der Waals surface area contributed by atoms with E-state index in [1.807, 2.05) is 0 Å². The Labute approximate surface area is 346 Å². The number of aromatic nitrogens is 8. The maximum atomic E-state index is 12.1. The number of carbonyl (C=O) groups is 2. The minimum atomic E-state index is -2.16. The molecule has 8 N–H and O–H groups in total. The molecule has 2 aliphatic rings. The molecule has 0 saturated carbocycles. The van der Waals surface area contributed by atoms with E-state index in [4.69, 9.17) is 18.9 Å². The monoisotopic (exact) mass is 784 g/mol. The summed E-state index contributed by atoms with van der Waals surface area (Å²) < 4.78 is 23.5. The number of nitrogens with zero attached hydrogens (tertiary/aromatic N) is 6. The zero-order valence-corrected chi connectivity index (χ0v) is 33.5. The van der Waals surface area contributed by atoms with Crippen molar-refractivity contribution in [2.24, 2.45) is 0 Å². The van der Waals surface area contributed by atoms with Crippen LogP contribution in [0, 0.1) is 0 Å². The number of nitrogens with one attached hydrogen (secondary N) is 2. The molecule has 6 heterocycles. The molecular formula is C28H34N8Na2O16. The largest absolute Gasteiger partial charge is 1.00 e. The predicted octanol–water partition coefficient (Wildman–Crippen LogP) is -12.7. The molecule has 24 nitrogen and oxygen atoms in total. The van der Waals surface area contributed by atoms with Crippen LogP contribution < -0.4 is 89.9 Å². The summed E-state index contributed by atoms with van der Waals surface area (Å²) in [5.74, 6) is -3.72. The smallest absolute Gasteiger partial charge is 0.547 e. The molecule has 2 unspecified atom stereocenters. The fourth-order valence-electron chi connectivity index (χ4n) is 5.36. The number of ether oxygens (including phenoxy) is 4. The number of carboxylic acids is 2. The van der Waals surface area contributed by atoms with Crippen molar-refractivity contribution in [3.63, 3.8) is 0 Å². The van der Waals surface area contributed by atoms with E-state index in [0.29, 0.717) is 0 Å². The summed E-state index contributed by atoms with van der Waals surface area (Å²) in [4.78, 5) is 66.6. The Bertz CT molecular complexity index is 1910. The number of hydrogen-bond donors (Lipinski definition) is 8. The average Bonchev–Trinajstić information content (AvgIpc) is 3.81. The summed E-state index contributed by atoms with van der Waals surface area (Å²) in [6, 6.07) is -0.169. The molecule has 2 aliphatic heterocycles. The minimum Gasteiger partial charge on any atom is -0.547 e. The van der Waals surface area contributed by atoms with E-state index >= 15 is 0 Å². The van der Waals surface area contributed by atoms with Crippen molar-refractivity contribution in [3.05, 3.63) is 33.4 Å². The topological polar surface area (TPSA) is 366 Å². The van der Waals surface area contributed by atoms with Crippen LogP contribution in [0.4, 0.5) is 0 Å². The van der Waals surface area contributed by atoms with Crippen molar-refractivity contribution < 1.29 is 129 Å². The number of imidazole rings is 2. The van der Waals surface area contributed by atoms with Gasteiger partial charge in [0.15, 0.2) is 34.8 Å². The first-order chi connectivity index (χ1) is 24.4. The molecule has 0 aliphatic carbocycles. The van der Waals surface area contributed by atoms with E-state index < -0.39 is 84.3 Å². The molecule has 26 heteroatoms. The summed E-state index contributed by atoms with van der Waals surface area (Å²) in [5.41, 5.74) is -1.36. The van der Waals surface area contributed by atoms with Crippen LogP contribution in [0.15, 0.2) is 22.2 Å². The van der Waals surface area contributed by atoms with E-state index in [-0.39, 0.29) is 106 Å². The predicted molar refractivity (Wildman–Crippen MR) is 162 cm³/mol. The quantitative estimate of drug-likeness (QED) is 0.0692. The molecule has 10 atom stereocenters. The van der Waals surface area contributed by atoms with Crippen molar-refractivity contribution in [1.82, 2.24) is 39.0 Å². The van der Waals surface area contributed by atoms with Crippen LogP contribution in [0.3, 0.4) is 0 Å². The molecule has 0 spiro atoms. The third-order valence-electron chi connectivity index (χ3n) is 7.72. The fraction of sp³-hybridized carbons (Fsp3) is 0.571. The van der Waals surface area contributed by atoms with E-state index in [1.165, 1.54) is 0 Å². The van der Waals surface area contributed by atoms with Crippen LogP contribution in [-0.2, 0) is 19.1 Å². The molecule has 2 fully saturated rings. The molecule has 2 saturated heterocycles. The molecule has 54 heavy (non-hydrogen) atoms. The van der Waals surface area contributed by atoms with Gasteiger partial charge in [-0.15, -0.1) is 0 Å². The van der Waals surface area contributed by atoms with Gasteiger partial charge in [0.25, 0.3) is 23.1 Å². The number of aliphatic carboxylic acids is 2. The Kier molecular flexibility index (Phi) is 15.3. The molecular weight excluding hydrogens is 750 g/mol. The standard InChI is InChI=1S/2C14H18N4O8.2Na/c2*1-4(2)25-14-16-10-5(11(22)17-14)15-3-18(10)12-7(20)6(19)9(26-12)8(21)13(23)24;;/h2*3-4,6-9,12,19-21H,1-2H3,(H,23,24)(H,16,17,22);;/q;;2*+1/p-2/t2*6-,7+,8?,9-,12+;;/m00../s1. The van der Waals surface area contributed by atoms with Crippen molar-refractivity contribution in [3.8, 4) is 12.0 Å². The van der Waals surface area contributed by atoms with Gasteiger partial charge in [0.2, 0.25) is 0 Å². The van der Waals surface area contributed by atoms with Crippen molar-refractivity contribution in [1.29, 1.82) is 0 Å². The fourth-order valence-corrected chi connectivity index (χ4v) is 5.36. The van der Waals surface area contributed by atoms with Crippen molar-refractivity contribution in [2.45, 2.75) is 101 Å². The Morgan fingerprint density at radius 1 is 0.704 bits per heavy atom. The van der Waals surface area contributed by atoms with E-state index in [2.05, 4.69) is 29.9 Å². The van der Waals surface area contributed by atoms with E-state index in [1.54, 1.807) is 27.7 Å². The third kappa shape index (κ3) is 9.13. The van der Waals surface area contributed by atoms with Gasteiger partial charge < -0.3 is 69.4 Å². The zero-order valence-electron chi connectivity index (χ0n) is 29.5. The summed E-state index contributed by atoms with van der Waals surface area (Å²) >= 11 is 0. The number of hydrogen-bond acceptors (Lipinski definition) is 20. The number of H-pyrrole nitrogens is 2. The number of aliphatic hydroxyl groups is 6.